The number of aryl methyl sites for hydroxylation is 1. The first-order valence-corrected chi connectivity index (χ1v) is 18.5. The van der Waals surface area contributed by atoms with Crippen LogP contribution >= 0.6 is 11.3 Å². The van der Waals surface area contributed by atoms with Gasteiger partial charge in [-0.2, -0.15) is 11.3 Å². The molecule has 0 spiro atoms. The van der Waals surface area contributed by atoms with Crippen molar-refractivity contribution in [3.63, 3.8) is 0 Å². The molecule has 7 rings (SSSR count). The second kappa shape index (κ2) is 13.9. The van der Waals surface area contributed by atoms with Crippen LogP contribution in [-0.2, 0) is 26.5 Å². The molecule has 0 aliphatic rings. The predicted octanol–water partition coefficient (Wildman–Crippen LogP) is 9.91. The molecule has 0 amide bonds. The van der Waals surface area contributed by atoms with Crippen LogP contribution in [0.5, 0.6) is 0 Å². The maximum Gasteiger partial charge on any atom is 0.0795 e. The summed E-state index contributed by atoms with van der Waals surface area (Å²) in [6, 6.07) is 40.3. The van der Waals surface area contributed by atoms with Gasteiger partial charge < -0.3 is 9.97 Å². The Hall–Kier alpha value is -3.73. The molecule has 0 bridgehead atoms. The fraction of sp³-hybridized carbons (Fsp3) is 0.128. The molecule has 0 aliphatic heterocycles. The van der Waals surface area contributed by atoms with Gasteiger partial charge in [0.15, 0.2) is 0 Å². The molecular formula is C39H34IrN2SSi-2. The van der Waals surface area contributed by atoms with E-state index >= 15 is 0 Å². The van der Waals surface area contributed by atoms with Crippen LogP contribution in [0.3, 0.4) is 0 Å². The number of thiophene rings is 1. The summed E-state index contributed by atoms with van der Waals surface area (Å²) in [5, 5.41) is 4.02. The first-order valence-electron chi connectivity index (χ1n) is 16.7. The van der Waals surface area contributed by atoms with E-state index in [0.717, 1.165) is 11.3 Å². The fourth-order valence-electron chi connectivity index (χ4n) is 4.81. The van der Waals surface area contributed by atoms with Gasteiger partial charge in [0.05, 0.1) is 8.07 Å². The van der Waals surface area contributed by atoms with E-state index in [9.17, 15) is 0 Å². The minimum Gasteiger partial charge on any atom is -0.305 e. The summed E-state index contributed by atoms with van der Waals surface area (Å²) in [5.41, 5.74) is 3.78. The summed E-state index contributed by atoms with van der Waals surface area (Å²) < 4.78 is 43.0. The molecule has 0 saturated heterocycles. The van der Waals surface area contributed by atoms with Crippen molar-refractivity contribution in [1.29, 1.82) is 0 Å². The molecule has 0 fully saturated rings. The summed E-state index contributed by atoms with van der Waals surface area (Å²) in [6.45, 7) is 4.62. The Morgan fingerprint density at radius 2 is 1.61 bits per heavy atom. The van der Waals surface area contributed by atoms with Crippen LogP contribution in [0.15, 0.2) is 122 Å². The van der Waals surface area contributed by atoms with Crippen molar-refractivity contribution in [3.8, 4) is 22.5 Å². The summed E-state index contributed by atoms with van der Waals surface area (Å²) in [4.78, 5) is 8.99. The van der Waals surface area contributed by atoms with Gasteiger partial charge in [-0.3, -0.25) is 0 Å². The molecule has 0 saturated carbocycles. The number of rotatable bonds is 5. The molecule has 4 aromatic carbocycles. The first-order chi connectivity index (χ1) is 22.8. The van der Waals surface area contributed by atoms with Crippen LogP contribution in [0.4, 0.5) is 0 Å². The first kappa shape index (κ1) is 25.6. The Balaban J connectivity index is 0.000000188. The van der Waals surface area contributed by atoms with Crippen LogP contribution in [0.2, 0.25) is 19.6 Å². The Kier molecular flexibility index (Phi) is 8.09. The second-order valence-electron chi connectivity index (χ2n) is 11.3. The van der Waals surface area contributed by atoms with Crippen molar-refractivity contribution in [2.75, 3.05) is 0 Å². The van der Waals surface area contributed by atoms with Crippen LogP contribution in [-0.4, -0.2) is 18.0 Å². The number of benzene rings is 4. The minimum absolute atomic E-state index is 0. The smallest absolute Gasteiger partial charge is 0.0795 e. The molecule has 3 aromatic heterocycles. The number of hydrogen-bond acceptors (Lipinski definition) is 3. The Morgan fingerprint density at radius 1 is 0.818 bits per heavy atom. The van der Waals surface area contributed by atoms with Gasteiger partial charge in [-0.05, 0) is 50.7 Å². The molecule has 0 aliphatic carbocycles. The van der Waals surface area contributed by atoms with Crippen molar-refractivity contribution < 1.29 is 27.0 Å². The molecule has 44 heavy (non-hydrogen) atoms. The molecule has 0 N–H and O–H groups in total. The van der Waals surface area contributed by atoms with Gasteiger partial charge in [0, 0.05) is 44.1 Å². The van der Waals surface area contributed by atoms with E-state index in [1.807, 2.05) is 23.5 Å². The fourth-order valence-corrected chi connectivity index (χ4v) is 7.05. The second-order valence-corrected chi connectivity index (χ2v) is 17.4. The van der Waals surface area contributed by atoms with Crippen molar-refractivity contribution in [2.24, 2.45) is 0 Å². The third-order valence-corrected chi connectivity index (χ3v) is 10.4. The van der Waals surface area contributed by atoms with Crippen molar-refractivity contribution >= 4 is 44.8 Å². The van der Waals surface area contributed by atoms with Crippen LogP contribution in [0, 0.1) is 19.0 Å². The molecule has 1 radical (unpaired) electrons. The standard InChI is InChI=1S/C20H18NSSi.C19H16N.Ir/c1-23(2,3)14-11-12-18(21-13-14)17-9-6-8-16-15-7-4-5-10-19(15)22-20(16)17;1-15-10-11-17(19-9-5-6-12-20-19)14-18(15)13-16-7-3-2-4-8-16;/h4-8,10-13H,1-3H3;2-10,12,14H,13H2,1H3;/q2*-1;/i;1D3,13D2;. The van der Waals surface area contributed by atoms with Crippen molar-refractivity contribution in [1.82, 2.24) is 9.97 Å². The van der Waals surface area contributed by atoms with E-state index in [0.29, 0.717) is 16.8 Å². The van der Waals surface area contributed by atoms with E-state index in [-0.39, 0.29) is 31.2 Å². The van der Waals surface area contributed by atoms with Gasteiger partial charge in [0.2, 0.25) is 0 Å². The zero-order chi connectivity index (χ0) is 34.1. The Morgan fingerprint density at radius 3 is 2.34 bits per heavy atom. The molecule has 7 aromatic rings. The van der Waals surface area contributed by atoms with Gasteiger partial charge in [-0.25, -0.2) is 0 Å². The molecule has 0 unspecified atom stereocenters. The average Bonchev–Trinajstić information content (AvgIpc) is 3.47. The topological polar surface area (TPSA) is 25.8 Å². The van der Waals surface area contributed by atoms with Crippen molar-refractivity contribution in [2.45, 2.75) is 32.9 Å². The van der Waals surface area contributed by atoms with Crippen molar-refractivity contribution in [3.05, 3.63) is 150 Å². The SMILES string of the molecule is C[Si](C)(C)c1ccc(-c2[c-]ccc3c2sc2ccccc23)nc1.[2H]C([2H])([2H])c1c[c-]c(-c2ccccn2)cc1C([2H])([2H])c1ccccc1.[Ir]. The van der Waals surface area contributed by atoms with Crippen LogP contribution in [0.1, 0.15) is 23.5 Å². The third-order valence-electron chi connectivity index (χ3n) is 7.17. The molecule has 2 nitrogen and oxygen atoms in total. The van der Waals surface area contributed by atoms with Gasteiger partial charge in [0.1, 0.15) is 0 Å². The number of fused-ring (bicyclic) bond motifs is 3. The Bertz CT molecular complexity index is 2180. The summed E-state index contributed by atoms with van der Waals surface area (Å²) >= 11 is 1.83. The minimum atomic E-state index is -2.43. The number of hydrogen-bond donors (Lipinski definition) is 0. The van der Waals surface area contributed by atoms with E-state index in [1.165, 1.54) is 37.5 Å². The average molecular weight is 788 g/mol. The van der Waals surface area contributed by atoms with Gasteiger partial charge >= 0.3 is 0 Å². The monoisotopic (exact) mass is 788 g/mol. The maximum absolute atomic E-state index is 8.57. The number of nitrogens with zero attached hydrogens (tertiary/aromatic N) is 2. The molecule has 0 atom stereocenters. The summed E-state index contributed by atoms with van der Waals surface area (Å²) in [7, 11) is -1.31. The quantitative estimate of drug-likeness (QED) is 0.128. The number of pyridine rings is 2. The molecule has 5 heteroatoms. The third kappa shape index (κ3) is 7.14. The van der Waals surface area contributed by atoms with E-state index in [2.05, 4.69) is 85.4 Å². The molecular weight excluding hydrogens is 749 g/mol. The normalized spacial score (nSPS) is 13.4. The van der Waals surface area contributed by atoms with Crippen LogP contribution < -0.4 is 5.19 Å². The zero-order valence-corrected chi connectivity index (χ0v) is 28.9. The number of aromatic nitrogens is 2. The summed E-state index contributed by atoms with van der Waals surface area (Å²) in [6.07, 6.45) is 1.73. The predicted molar refractivity (Wildman–Crippen MR) is 187 cm³/mol. The molecule has 221 valence electrons. The van der Waals surface area contributed by atoms with Gasteiger partial charge in [0.25, 0.3) is 0 Å². The van der Waals surface area contributed by atoms with Gasteiger partial charge in [-0.15, -0.1) is 58.7 Å². The summed E-state index contributed by atoms with van der Waals surface area (Å²) in [5.74, 6) is 0. The van der Waals surface area contributed by atoms with Crippen LogP contribution in [0.25, 0.3) is 42.7 Å². The maximum atomic E-state index is 8.57. The zero-order valence-electron chi connectivity index (χ0n) is 29.7. The van der Waals surface area contributed by atoms with Gasteiger partial charge in [-0.1, -0.05) is 105 Å². The largest absolute Gasteiger partial charge is 0.305 e. The Labute approximate surface area is 286 Å². The molecule has 3 heterocycles. The van der Waals surface area contributed by atoms with E-state index in [1.54, 1.807) is 48.7 Å². The van der Waals surface area contributed by atoms with E-state index in [4.69, 9.17) is 11.8 Å². The van der Waals surface area contributed by atoms with E-state index < -0.39 is 21.3 Å².